The molecule has 0 fully saturated rings. The van der Waals surface area contributed by atoms with Gasteiger partial charge in [0.15, 0.2) is 0 Å². The Kier molecular flexibility index (Phi) is 5.52. The number of nitrogens with one attached hydrogen (secondary N) is 1. The van der Waals surface area contributed by atoms with E-state index in [1.807, 2.05) is 0 Å². The van der Waals surface area contributed by atoms with Gasteiger partial charge in [0.2, 0.25) is 0 Å². The standard InChI is InChI=1S/C17H16F3NO3S/c1-4-24-16(23)13-9(2)10(3)25-15(13)21-14(22)11-5-7-12(8-6-11)17(18,19)20/h5-8H,4H2,1-3H3,(H,21,22). The molecule has 0 bridgehead atoms. The number of carbonyl (C=O) groups is 2. The Bertz CT molecular complexity index is 795. The van der Waals surface area contributed by atoms with Gasteiger partial charge in [0.05, 0.1) is 17.7 Å². The van der Waals surface area contributed by atoms with E-state index in [4.69, 9.17) is 4.74 Å². The molecule has 0 saturated heterocycles. The van der Waals surface area contributed by atoms with Crippen LogP contribution in [0.3, 0.4) is 0 Å². The van der Waals surface area contributed by atoms with E-state index in [0.717, 1.165) is 29.1 Å². The van der Waals surface area contributed by atoms with Crippen LogP contribution in [0, 0.1) is 13.8 Å². The molecular weight excluding hydrogens is 355 g/mol. The number of aryl methyl sites for hydroxylation is 1. The van der Waals surface area contributed by atoms with Crippen LogP contribution in [0.25, 0.3) is 0 Å². The molecule has 1 heterocycles. The highest BCUT2D eigenvalue weighted by atomic mass is 32.1. The van der Waals surface area contributed by atoms with E-state index >= 15 is 0 Å². The molecule has 25 heavy (non-hydrogen) atoms. The summed E-state index contributed by atoms with van der Waals surface area (Å²) in [5.74, 6) is -1.15. The van der Waals surface area contributed by atoms with E-state index in [1.54, 1.807) is 20.8 Å². The van der Waals surface area contributed by atoms with Crippen molar-refractivity contribution >= 4 is 28.2 Å². The summed E-state index contributed by atoms with van der Waals surface area (Å²) in [7, 11) is 0. The quantitative estimate of drug-likeness (QED) is 0.785. The predicted molar refractivity (Wildman–Crippen MR) is 89.1 cm³/mol. The zero-order valence-corrected chi connectivity index (χ0v) is 14.6. The second-order valence-corrected chi connectivity index (χ2v) is 6.46. The maximum atomic E-state index is 12.6. The van der Waals surface area contributed by atoms with Crippen molar-refractivity contribution in [1.82, 2.24) is 0 Å². The highest BCUT2D eigenvalue weighted by molar-refractivity contribution is 7.16. The number of thiophene rings is 1. The summed E-state index contributed by atoms with van der Waals surface area (Å²) in [6, 6.07) is 3.86. The smallest absolute Gasteiger partial charge is 0.416 e. The second kappa shape index (κ2) is 7.26. The fourth-order valence-corrected chi connectivity index (χ4v) is 3.19. The Morgan fingerprint density at radius 1 is 1.16 bits per heavy atom. The van der Waals surface area contributed by atoms with Gasteiger partial charge < -0.3 is 10.1 Å². The van der Waals surface area contributed by atoms with E-state index in [9.17, 15) is 22.8 Å². The van der Waals surface area contributed by atoms with Crippen LogP contribution in [0.1, 0.15) is 43.6 Å². The Labute approximate surface area is 146 Å². The van der Waals surface area contributed by atoms with Crippen molar-refractivity contribution in [2.75, 3.05) is 11.9 Å². The molecule has 0 spiro atoms. The fourth-order valence-electron chi connectivity index (χ4n) is 2.15. The van der Waals surface area contributed by atoms with Gasteiger partial charge in [0.25, 0.3) is 5.91 Å². The number of rotatable bonds is 4. The molecule has 0 aliphatic rings. The maximum absolute atomic E-state index is 12.6. The Morgan fingerprint density at radius 2 is 1.76 bits per heavy atom. The van der Waals surface area contributed by atoms with Crippen molar-refractivity contribution in [2.45, 2.75) is 26.9 Å². The van der Waals surface area contributed by atoms with Crippen LogP contribution in [0.4, 0.5) is 18.2 Å². The van der Waals surface area contributed by atoms with Gasteiger partial charge in [0.1, 0.15) is 5.00 Å². The number of carbonyl (C=O) groups excluding carboxylic acids is 2. The largest absolute Gasteiger partial charge is 0.462 e. The monoisotopic (exact) mass is 371 g/mol. The van der Waals surface area contributed by atoms with Gasteiger partial charge in [-0.25, -0.2) is 4.79 Å². The number of hydrogen-bond acceptors (Lipinski definition) is 4. The molecule has 0 radical (unpaired) electrons. The molecule has 134 valence electrons. The lowest BCUT2D eigenvalue weighted by Crippen LogP contribution is -2.15. The zero-order chi connectivity index (χ0) is 18.8. The number of hydrogen-bond donors (Lipinski definition) is 1. The number of esters is 1. The van der Waals surface area contributed by atoms with E-state index in [-0.39, 0.29) is 17.7 Å². The van der Waals surface area contributed by atoms with Crippen LogP contribution in [0.15, 0.2) is 24.3 Å². The average molecular weight is 371 g/mol. The zero-order valence-electron chi connectivity index (χ0n) is 13.8. The van der Waals surface area contributed by atoms with Gasteiger partial charge in [0, 0.05) is 10.4 Å². The molecule has 1 aromatic carbocycles. The molecule has 2 aromatic rings. The van der Waals surface area contributed by atoms with Gasteiger partial charge in [-0.15, -0.1) is 11.3 Å². The summed E-state index contributed by atoms with van der Waals surface area (Å²) in [5.41, 5.74) is 0.196. The number of benzene rings is 1. The molecule has 0 atom stereocenters. The summed E-state index contributed by atoms with van der Waals surface area (Å²) >= 11 is 1.21. The van der Waals surface area contributed by atoms with Crippen LogP contribution in [-0.4, -0.2) is 18.5 Å². The van der Waals surface area contributed by atoms with E-state index in [2.05, 4.69) is 5.32 Å². The van der Waals surface area contributed by atoms with Crippen LogP contribution in [0.2, 0.25) is 0 Å². The van der Waals surface area contributed by atoms with Crippen LogP contribution < -0.4 is 5.32 Å². The summed E-state index contributed by atoms with van der Waals surface area (Å²) in [5, 5.41) is 2.90. The number of ether oxygens (including phenoxy) is 1. The third-order valence-electron chi connectivity index (χ3n) is 3.57. The Hall–Kier alpha value is -2.35. The number of halogens is 3. The molecule has 1 amide bonds. The molecule has 0 saturated carbocycles. The lowest BCUT2D eigenvalue weighted by Gasteiger charge is -2.09. The number of amides is 1. The molecule has 4 nitrogen and oxygen atoms in total. The molecule has 1 N–H and O–H groups in total. The van der Waals surface area contributed by atoms with E-state index in [0.29, 0.717) is 10.6 Å². The fraction of sp³-hybridized carbons (Fsp3) is 0.294. The first-order chi connectivity index (χ1) is 11.6. The third-order valence-corrected chi connectivity index (χ3v) is 4.69. The minimum absolute atomic E-state index is 0.0616. The normalized spacial score (nSPS) is 11.3. The third kappa shape index (κ3) is 4.19. The van der Waals surface area contributed by atoms with Gasteiger partial charge in [-0.05, 0) is 50.6 Å². The lowest BCUT2D eigenvalue weighted by atomic mass is 10.1. The molecular formula is C17H16F3NO3S. The molecule has 2 rings (SSSR count). The molecule has 1 aromatic heterocycles. The van der Waals surface area contributed by atoms with Crippen molar-refractivity contribution in [2.24, 2.45) is 0 Å². The molecule has 0 aliphatic carbocycles. The summed E-state index contributed by atoms with van der Waals surface area (Å²) < 4.78 is 42.7. The minimum atomic E-state index is -4.46. The number of anilines is 1. The molecule has 0 aliphatic heterocycles. The first kappa shape index (κ1) is 19.0. The Balaban J connectivity index is 2.26. The van der Waals surface area contributed by atoms with E-state index < -0.39 is 23.6 Å². The van der Waals surface area contributed by atoms with E-state index in [1.165, 1.54) is 11.3 Å². The predicted octanol–water partition coefficient (Wildman–Crippen LogP) is 4.81. The van der Waals surface area contributed by atoms with Crippen LogP contribution in [0.5, 0.6) is 0 Å². The first-order valence-corrected chi connectivity index (χ1v) is 8.22. The Morgan fingerprint density at radius 3 is 2.28 bits per heavy atom. The van der Waals surface area contributed by atoms with Crippen molar-refractivity contribution in [3.8, 4) is 0 Å². The second-order valence-electron chi connectivity index (χ2n) is 5.24. The number of alkyl halides is 3. The van der Waals surface area contributed by atoms with Gasteiger partial charge in [-0.3, -0.25) is 4.79 Å². The average Bonchev–Trinajstić information content (AvgIpc) is 2.81. The van der Waals surface area contributed by atoms with Crippen LogP contribution in [-0.2, 0) is 10.9 Å². The van der Waals surface area contributed by atoms with Gasteiger partial charge in [-0.2, -0.15) is 13.2 Å². The highest BCUT2D eigenvalue weighted by Gasteiger charge is 2.30. The SMILES string of the molecule is CCOC(=O)c1c(NC(=O)c2ccc(C(F)(F)F)cc2)sc(C)c1C. The van der Waals surface area contributed by atoms with Gasteiger partial charge >= 0.3 is 12.1 Å². The van der Waals surface area contributed by atoms with Crippen molar-refractivity contribution in [3.63, 3.8) is 0 Å². The van der Waals surface area contributed by atoms with Crippen molar-refractivity contribution in [1.29, 1.82) is 0 Å². The minimum Gasteiger partial charge on any atom is -0.462 e. The lowest BCUT2D eigenvalue weighted by molar-refractivity contribution is -0.137. The topological polar surface area (TPSA) is 55.4 Å². The molecule has 8 heteroatoms. The summed E-state index contributed by atoms with van der Waals surface area (Å²) in [6.45, 7) is 5.41. The van der Waals surface area contributed by atoms with Gasteiger partial charge in [-0.1, -0.05) is 0 Å². The van der Waals surface area contributed by atoms with Crippen molar-refractivity contribution in [3.05, 3.63) is 51.4 Å². The first-order valence-electron chi connectivity index (χ1n) is 7.40. The van der Waals surface area contributed by atoms with Crippen molar-refractivity contribution < 1.29 is 27.5 Å². The summed E-state index contributed by atoms with van der Waals surface area (Å²) in [4.78, 5) is 25.2. The molecule has 0 unspecified atom stereocenters. The van der Waals surface area contributed by atoms with Crippen LogP contribution >= 0.6 is 11.3 Å². The maximum Gasteiger partial charge on any atom is 0.416 e. The highest BCUT2D eigenvalue weighted by Crippen LogP contribution is 2.34. The summed E-state index contributed by atoms with van der Waals surface area (Å²) in [6.07, 6.45) is -4.46.